The number of carbonyl (C=O) groups excluding carboxylic acids is 1. The van der Waals surface area contributed by atoms with Gasteiger partial charge in [-0.05, 0) is 44.4 Å². The normalized spacial score (nSPS) is 42.5. The molecule has 1 amide bonds. The van der Waals surface area contributed by atoms with Gasteiger partial charge in [-0.25, -0.2) is 0 Å². The van der Waals surface area contributed by atoms with Crippen molar-refractivity contribution in [3.63, 3.8) is 0 Å². The van der Waals surface area contributed by atoms with Gasteiger partial charge in [-0.2, -0.15) is 0 Å². The van der Waals surface area contributed by atoms with Gasteiger partial charge in [-0.3, -0.25) is 9.59 Å². The van der Waals surface area contributed by atoms with Crippen molar-refractivity contribution in [3.05, 3.63) is 0 Å². The van der Waals surface area contributed by atoms with Crippen LogP contribution in [0.2, 0.25) is 0 Å². The Morgan fingerprint density at radius 1 is 1.17 bits per heavy atom. The molecule has 4 nitrogen and oxygen atoms in total. The molecule has 100 valence electrons. The quantitative estimate of drug-likeness (QED) is 0.813. The number of hydrogen-bond acceptors (Lipinski definition) is 2. The molecular formula is C14H21NO3. The first-order valence-electron chi connectivity index (χ1n) is 7.13. The number of fused-ring (bicyclic) bond motifs is 1. The number of carboxylic acid groups (broad SMARTS) is 1. The molecule has 0 aromatic heterocycles. The number of carbonyl (C=O) groups is 2. The Kier molecular flexibility index (Phi) is 2.83. The predicted molar refractivity (Wildman–Crippen MR) is 65.9 cm³/mol. The molecule has 0 spiro atoms. The first kappa shape index (κ1) is 12.0. The molecule has 18 heavy (non-hydrogen) atoms. The summed E-state index contributed by atoms with van der Waals surface area (Å²) in [4.78, 5) is 25.4. The van der Waals surface area contributed by atoms with Crippen LogP contribution in [0.3, 0.4) is 0 Å². The number of hydrogen-bond donors (Lipinski definition) is 1. The van der Waals surface area contributed by atoms with Gasteiger partial charge in [0.1, 0.15) is 0 Å². The second-order valence-corrected chi connectivity index (χ2v) is 6.22. The average Bonchev–Trinajstić information content (AvgIpc) is 2.81. The summed E-state index contributed by atoms with van der Waals surface area (Å²) in [6.07, 6.45) is 4.97. The number of likely N-dealkylation sites (tertiary alicyclic amines) is 1. The molecule has 1 saturated heterocycles. The van der Waals surface area contributed by atoms with Crippen molar-refractivity contribution in [2.75, 3.05) is 6.54 Å². The second kappa shape index (κ2) is 4.25. The van der Waals surface area contributed by atoms with E-state index in [1.54, 1.807) is 0 Å². The van der Waals surface area contributed by atoms with Gasteiger partial charge in [-0.15, -0.1) is 0 Å². The molecule has 3 aliphatic rings. The molecule has 0 bridgehead atoms. The van der Waals surface area contributed by atoms with E-state index < -0.39 is 5.97 Å². The van der Waals surface area contributed by atoms with Gasteiger partial charge >= 0.3 is 5.97 Å². The number of aliphatic carboxylic acids is 1. The van der Waals surface area contributed by atoms with Crippen LogP contribution in [0.25, 0.3) is 0 Å². The lowest BCUT2D eigenvalue weighted by atomic mass is 9.91. The average molecular weight is 251 g/mol. The molecule has 1 N–H and O–H groups in total. The van der Waals surface area contributed by atoms with Crippen molar-refractivity contribution in [3.8, 4) is 0 Å². The summed E-state index contributed by atoms with van der Waals surface area (Å²) in [5.74, 6) is 0.924. The highest BCUT2D eigenvalue weighted by atomic mass is 16.4. The van der Waals surface area contributed by atoms with Crippen LogP contribution in [-0.4, -0.2) is 34.5 Å². The fourth-order valence-electron chi connectivity index (χ4n) is 4.10. The summed E-state index contributed by atoms with van der Waals surface area (Å²) in [7, 11) is 0. The third-order valence-electron chi connectivity index (χ3n) is 5.20. The van der Waals surface area contributed by atoms with Crippen LogP contribution in [0.5, 0.6) is 0 Å². The summed E-state index contributed by atoms with van der Waals surface area (Å²) in [5.41, 5.74) is 0. The molecule has 0 aromatic carbocycles. The molecule has 1 heterocycles. The third-order valence-corrected chi connectivity index (χ3v) is 5.20. The molecule has 4 atom stereocenters. The van der Waals surface area contributed by atoms with E-state index in [0.29, 0.717) is 37.1 Å². The monoisotopic (exact) mass is 251 g/mol. The first-order valence-corrected chi connectivity index (χ1v) is 7.13. The van der Waals surface area contributed by atoms with E-state index in [4.69, 9.17) is 5.11 Å². The van der Waals surface area contributed by atoms with Crippen LogP contribution >= 0.6 is 0 Å². The van der Waals surface area contributed by atoms with Crippen LogP contribution in [0.1, 0.15) is 39.0 Å². The SMILES string of the molecule is CC1CC(C(=O)O)CCN1C(=O)C1C2CCCC21. The summed E-state index contributed by atoms with van der Waals surface area (Å²) < 4.78 is 0. The lowest BCUT2D eigenvalue weighted by Gasteiger charge is -2.36. The van der Waals surface area contributed by atoms with Gasteiger partial charge in [0, 0.05) is 18.5 Å². The molecule has 0 aromatic rings. The Hall–Kier alpha value is -1.06. The number of piperidine rings is 1. The number of rotatable bonds is 2. The molecule has 0 radical (unpaired) electrons. The third kappa shape index (κ3) is 1.82. The highest BCUT2D eigenvalue weighted by molar-refractivity contribution is 5.83. The predicted octanol–water partition coefficient (Wildman–Crippen LogP) is 1.74. The van der Waals surface area contributed by atoms with Crippen molar-refractivity contribution >= 4 is 11.9 Å². The molecule has 4 unspecified atom stereocenters. The lowest BCUT2D eigenvalue weighted by molar-refractivity contribution is -0.148. The molecule has 2 saturated carbocycles. The lowest BCUT2D eigenvalue weighted by Crippen LogP contribution is -2.47. The van der Waals surface area contributed by atoms with E-state index in [0.717, 1.165) is 0 Å². The standard InChI is InChI=1S/C14H21NO3/c1-8-7-9(14(17)18)5-6-15(8)13(16)12-10-3-2-4-11(10)12/h8-12H,2-7H2,1H3,(H,17,18). The first-order chi connectivity index (χ1) is 8.59. The second-order valence-electron chi connectivity index (χ2n) is 6.22. The van der Waals surface area contributed by atoms with Crippen LogP contribution in [0.4, 0.5) is 0 Å². The zero-order chi connectivity index (χ0) is 12.9. The highest BCUT2D eigenvalue weighted by Crippen LogP contribution is 2.58. The zero-order valence-electron chi connectivity index (χ0n) is 10.8. The van der Waals surface area contributed by atoms with E-state index in [9.17, 15) is 9.59 Å². The number of nitrogens with zero attached hydrogens (tertiary/aromatic N) is 1. The Labute approximate surface area is 107 Å². The zero-order valence-corrected chi connectivity index (χ0v) is 10.8. The van der Waals surface area contributed by atoms with E-state index in [1.807, 2.05) is 11.8 Å². The van der Waals surface area contributed by atoms with Crippen LogP contribution < -0.4 is 0 Å². The topological polar surface area (TPSA) is 57.6 Å². The van der Waals surface area contributed by atoms with Gasteiger partial charge in [0.25, 0.3) is 0 Å². The van der Waals surface area contributed by atoms with Crippen molar-refractivity contribution in [1.82, 2.24) is 4.90 Å². The number of carboxylic acids is 1. The molecule has 3 rings (SSSR count). The van der Waals surface area contributed by atoms with Crippen molar-refractivity contribution in [2.45, 2.75) is 45.1 Å². The minimum Gasteiger partial charge on any atom is -0.481 e. The molecule has 4 heteroatoms. The Morgan fingerprint density at radius 3 is 2.39 bits per heavy atom. The molecule has 2 aliphatic carbocycles. The van der Waals surface area contributed by atoms with Crippen LogP contribution in [-0.2, 0) is 9.59 Å². The van der Waals surface area contributed by atoms with Crippen molar-refractivity contribution in [1.29, 1.82) is 0 Å². The van der Waals surface area contributed by atoms with Crippen molar-refractivity contribution in [2.24, 2.45) is 23.7 Å². The minimum atomic E-state index is -0.711. The van der Waals surface area contributed by atoms with E-state index in [-0.39, 0.29) is 17.9 Å². The van der Waals surface area contributed by atoms with Crippen LogP contribution in [0.15, 0.2) is 0 Å². The van der Waals surface area contributed by atoms with E-state index in [2.05, 4.69) is 0 Å². The number of amides is 1. The maximum absolute atomic E-state index is 12.4. The molecule has 1 aliphatic heterocycles. The summed E-state index contributed by atoms with van der Waals surface area (Å²) >= 11 is 0. The van der Waals surface area contributed by atoms with Gasteiger partial charge in [0.05, 0.1) is 5.92 Å². The Balaban J connectivity index is 1.60. The van der Waals surface area contributed by atoms with Crippen molar-refractivity contribution < 1.29 is 14.7 Å². The van der Waals surface area contributed by atoms with Gasteiger partial charge in [0.2, 0.25) is 5.91 Å². The van der Waals surface area contributed by atoms with Crippen LogP contribution in [0, 0.1) is 23.7 Å². The van der Waals surface area contributed by atoms with Gasteiger partial charge < -0.3 is 10.0 Å². The van der Waals surface area contributed by atoms with Gasteiger partial charge in [-0.1, -0.05) is 6.42 Å². The minimum absolute atomic E-state index is 0.0914. The fraction of sp³-hybridized carbons (Fsp3) is 0.857. The Morgan fingerprint density at radius 2 is 1.83 bits per heavy atom. The summed E-state index contributed by atoms with van der Waals surface area (Å²) in [6, 6.07) is 0.0914. The summed E-state index contributed by atoms with van der Waals surface area (Å²) in [6.45, 7) is 2.62. The fourth-order valence-corrected chi connectivity index (χ4v) is 4.10. The molecule has 3 fully saturated rings. The Bertz CT molecular complexity index is 371. The smallest absolute Gasteiger partial charge is 0.306 e. The highest BCUT2D eigenvalue weighted by Gasteiger charge is 2.58. The van der Waals surface area contributed by atoms with E-state index >= 15 is 0 Å². The molecular weight excluding hydrogens is 230 g/mol. The summed E-state index contributed by atoms with van der Waals surface area (Å²) in [5, 5.41) is 9.03. The maximum atomic E-state index is 12.4. The largest absolute Gasteiger partial charge is 0.481 e. The maximum Gasteiger partial charge on any atom is 0.306 e. The van der Waals surface area contributed by atoms with Gasteiger partial charge in [0.15, 0.2) is 0 Å². The van der Waals surface area contributed by atoms with E-state index in [1.165, 1.54) is 19.3 Å².